The molecule has 1 aromatic heterocycles. The van der Waals surface area contributed by atoms with Crippen LogP contribution in [0, 0.1) is 0 Å². The number of aromatic nitrogens is 2. The second kappa shape index (κ2) is 8.24. The van der Waals surface area contributed by atoms with Crippen LogP contribution in [-0.4, -0.2) is 34.2 Å². The van der Waals surface area contributed by atoms with Gasteiger partial charge in [0.2, 0.25) is 0 Å². The Hall–Kier alpha value is -2.87. The molecule has 1 amide bonds. The molecule has 0 radical (unpaired) electrons. The van der Waals surface area contributed by atoms with Gasteiger partial charge in [-0.05, 0) is 31.2 Å². The molecule has 0 spiro atoms. The number of nitrogens with zero attached hydrogens (tertiary/aromatic N) is 2. The van der Waals surface area contributed by atoms with Gasteiger partial charge in [-0.15, -0.1) is 0 Å². The van der Waals surface area contributed by atoms with Gasteiger partial charge in [0.1, 0.15) is 11.9 Å². The van der Waals surface area contributed by atoms with E-state index in [1.54, 1.807) is 0 Å². The highest BCUT2D eigenvalue weighted by atomic mass is 16.5. The van der Waals surface area contributed by atoms with Crippen LogP contribution in [0.4, 0.5) is 11.5 Å². The molecule has 1 atom stereocenters. The first kappa shape index (κ1) is 19.4. The molecule has 1 aliphatic heterocycles. The number of hydrogen-bond donors (Lipinski definition) is 2. The summed E-state index contributed by atoms with van der Waals surface area (Å²) in [7, 11) is 0. The number of nitrogens with two attached hydrogens (primary N) is 1. The van der Waals surface area contributed by atoms with Gasteiger partial charge < -0.3 is 10.5 Å². The Morgan fingerprint density at radius 1 is 1.14 bits per heavy atom. The third-order valence-corrected chi connectivity index (χ3v) is 5.77. The van der Waals surface area contributed by atoms with Crippen molar-refractivity contribution in [2.24, 2.45) is 0 Å². The fourth-order valence-corrected chi connectivity index (χ4v) is 4.30. The smallest absolute Gasteiger partial charge is 0.330 e. The maximum absolute atomic E-state index is 13.3. The molecular weight excluding hydrogens is 372 g/mol. The molecule has 8 nitrogen and oxygen atoms in total. The number of aromatic amines is 1. The van der Waals surface area contributed by atoms with Crippen LogP contribution in [0.5, 0.6) is 0 Å². The maximum atomic E-state index is 13.3. The van der Waals surface area contributed by atoms with E-state index in [2.05, 4.69) is 4.98 Å². The standard InChI is InChI=1S/C21H26N4O4/c22-18-17(19(26)23-21(28)24(18)13-14-7-2-1-3-8-14)25(15-9-4-5-10-15)20(27)16-11-6-12-29-16/h1-3,7-8,15-16H,4-6,9-13,22H2,(H,23,26,28)/t16-/m0/s1. The summed E-state index contributed by atoms with van der Waals surface area (Å²) in [5.41, 5.74) is 6.06. The summed E-state index contributed by atoms with van der Waals surface area (Å²) < 4.78 is 6.91. The minimum Gasteiger partial charge on any atom is -0.383 e. The van der Waals surface area contributed by atoms with Crippen molar-refractivity contribution >= 4 is 17.4 Å². The summed E-state index contributed by atoms with van der Waals surface area (Å²) in [5.74, 6) is -0.225. The average Bonchev–Trinajstić information content (AvgIpc) is 3.43. The Morgan fingerprint density at radius 2 is 1.86 bits per heavy atom. The molecule has 2 aromatic rings. The Bertz CT molecular complexity index is 986. The molecule has 2 fully saturated rings. The van der Waals surface area contributed by atoms with Crippen LogP contribution in [0.15, 0.2) is 39.9 Å². The second-order valence-corrected chi connectivity index (χ2v) is 7.71. The van der Waals surface area contributed by atoms with Gasteiger partial charge in [-0.2, -0.15) is 0 Å². The van der Waals surface area contributed by atoms with E-state index in [0.717, 1.165) is 37.7 Å². The molecule has 8 heteroatoms. The van der Waals surface area contributed by atoms with Gasteiger partial charge in [0.05, 0.1) is 6.54 Å². The summed E-state index contributed by atoms with van der Waals surface area (Å²) in [6, 6.07) is 9.27. The number of amides is 1. The number of ether oxygens (including phenoxy) is 1. The Morgan fingerprint density at radius 3 is 2.52 bits per heavy atom. The molecule has 1 saturated heterocycles. The van der Waals surface area contributed by atoms with Gasteiger partial charge in [0.15, 0.2) is 5.69 Å². The van der Waals surface area contributed by atoms with Crippen molar-refractivity contribution < 1.29 is 9.53 Å². The number of hydrogen-bond acceptors (Lipinski definition) is 5. The van der Waals surface area contributed by atoms with Crippen LogP contribution in [0.2, 0.25) is 0 Å². The monoisotopic (exact) mass is 398 g/mol. The first-order valence-electron chi connectivity index (χ1n) is 10.2. The number of anilines is 2. The van der Waals surface area contributed by atoms with Crippen molar-refractivity contribution in [2.75, 3.05) is 17.2 Å². The summed E-state index contributed by atoms with van der Waals surface area (Å²) >= 11 is 0. The number of nitrogen functional groups attached to an aromatic ring is 1. The highest BCUT2D eigenvalue weighted by Gasteiger charge is 2.37. The lowest BCUT2D eigenvalue weighted by Gasteiger charge is -2.31. The predicted octanol–water partition coefficient (Wildman–Crippen LogP) is 1.62. The highest BCUT2D eigenvalue weighted by molar-refractivity contribution is 5.99. The number of benzene rings is 1. The zero-order chi connectivity index (χ0) is 20.4. The van der Waals surface area contributed by atoms with Crippen molar-refractivity contribution in [1.82, 2.24) is 9.55 Å². The second-order valence-electron chi connectivity index (χ2n) is 7.71. The van der Waals surface area contributed by atoms with Gasteiger partial charge in [-0.25, -0.2) is 4.79 Å². The van der Waals surface area contributed by atoms with Gasteiger partial charge in [-0.3, -0.25) is 24.0 Å². The van der Waals surface area contributed by atoms with Crippen molar-refractivity contribution in [2.45, 2.75) is 57.2 Å². The number of rotatable bonds is 5. The molecule has 29 heavy (non-hydrogen) atoms. The normalized spacial score (nSPS) is 19.5. The third-order valence-electron chi connectivity index (χ3n) is 5.77. The van der Waals surface area contributed by atoms with E-state index in [9.17, 15) is 14.4 Å². The first-order chi connectivity index (χ1) is 14.1. The molecule has 154 valence electrons. The van der Waals surface area contributed by atoms with Crippen LogP contribution in [0.3, 0.4) is 0 Å². The number of carbonyl (C=O) groups excluding carboxylic acids is 1. The molecular formula is C21H26N4O4. The molecule has 1 saturated carbocycles. The fraction of sp³-hybridized carbons (Fsp3) is 0.476. The molecule has 3 N–H and O–H groups in total. The lowest BCUT2D eigenvalue weighted by Crippen LogP contribution is -2.49. The van der Waals surface area contributed by atoms with Gasteiger partial charge in [0.25, 0.3) is 11.5 Å². The van der Waals surface area contributed by atoms with Crippen LogP contribution in [0.1, 0.15) is 44.1 Å². The zero-order valence-electron chi connectivity index (χ0n) is 16.3. The van der Waals surface area contributed by atoms with E-state index in [-0.39, 0.29) is 30.0 Å². The summed E-state index contributed by atoms with van der Waals surface area (Å²) in [5, 5.41) is 0. The van der Waals surface area contributed by atoms with Gasteiger partial charge >= 0.3 is 5.69 Å². The van der Waals surface area contributed by atoms with E-state index >= 15 is 0 Å². The molecule has 4 rings (SSSR count). The Balaban J connectivity index is 1.79. The van der Waals surface area contributed by atoms with Crippen LogP contribution in [-0.2, 0) is 16.1 Å². The topological polar surface area (TPSA) is 110 Å². The van der Waals surface area contributed by atoms with E-state index < -0.39 is 17.4 Å². The molecule has 0 unspecified atom stereocenters. The van der Waals surface area contributed by atoms with Crippen LogP contribution in [0.25, 0.3) is 0 Å². The average molecular weight is 398 g/mol. The maximum Gasteiger partial charge on any atom is 0.330 e. The number of nitrogens with one attached hydrogen (secondary N) is 1. The Labute approximate surface area is 168 Å². The minimum atomic E-state index is -0.630. The summed E-state index contributed by atoms with van der Waals surface area (Å²) in [6.45, 7) is 0.746. The van der Waals surface area contributed by atoms with Crippen molar-refractivity contribution in [3.63, 3.8) is 0 Å². The van der Waals surface area contributed by atoms with Crippen molar-refractivity contribution in [3.8, 4) is 0 Å². The fourth-order valence-electron chi connectivity index (χ4n) is 4.30. The number of H-pyrrole nitrogens is 1. The molecule has 1 aliphatic carbocycles. The first-order valence-corrected chi connectivity index (χ1v) is 10.2. The summed E-state index contributed by atoms with van der Waals surface area (Å²) in [4.78, 5) is 42.5. The molecule has 2 aliphatic rings. The van der Waals surface area contributed by atoms with Gasteiger partial charge in [-0.1, -0.05) is 43.2 Å². The van der Waals surface area contributed by atoms with Gasteiger partial charge in [0, 0.05) is 12.6 Å². The largest absolute Gasteiger partial charge is 0.383 e. The SMILES string of the molecule is Nc1c(N(C(=O)[C@@H]2CCCO2)C2CCCC2)c(=O)[nH]c(=O)n1Cc1ccccc1. The van der Waals surface area contributed by atoms with Crippen LogP contribution >= 0.6 is 0 Å². The Kier molecular flexibility index (Phi) is 5.53. The lowest BCUT2D eigenvalue weighted by atomic mass is 10.1. The van der Waals surface area contributed by atoms with E-state index in [1.807, 2.05) is 30.3 Å². The lowest BCUT2D eigenvalue weighted by molar-refractivity contribution is -0.127. The van der Waals surface area contributed by atoms with Crippen molar-refractivity contribution in [3.05, 3.63) is 56.7 Å². The number of carbonyl (C=O) groups is 1. The summed E-state index contributed by atoms with van der Waals surface area (Å²) in [6.07, 6.45) is 4.45. The van der Waals surface area contributed by atoms with E-state index in [4.69, 9.17) is 10.5 Å². The quantitative estimate of drug-likeness (QED) is 0.795. The minimum absolute atomic E-state index is 0.0147. The van der Waals surface area contributed by atoms with Crippen LogP contribution < -0.4 is 21.9 Å². The van der Waals surface area contributed by atoms with Crippen molar-refractivity contribution in [1.29, 1.82) is 0 Å². The highest BCUT2D eigenvalue weighted by Crippen LogP contribution is 2.31. The van der Waals surface area contributed by atoms with E-state index in [0.29, 0.717) is 13.0 Å². The molecule has 0 bridgehead atoms. The molecule has 1 aromatic carbocycles. The third kappa shape index (κ3) is 3.85. The zero-order valence-corrected chi connectivity index (χ0v) is 16.3. The predicted molar refractivity (Wildman–Crippen MR) is 110 cm³/mol. The van der Waals surface area contributed by atoms with E-state index in [1.165, 1.54) is 9.47 Å². The molecule has 2 heterocycles.